The number of nitrogens with two attached hydrogens (primary N) is 1. The van der Waals surface area contributed by atoms with Gasteiger partial charge in [0.25, 0.3) is 0 Å². The second kappa shape index (κ2) is 4.81. The molecule has 4 nitrogen and oxygen atoms in total. The molecule has 1 aromatic rings. The quantitative estimate of drug-likeness (QED) is 0.670. The first kappa shape index (κ1) is 10.8. The number of rotatable bonds is 4. The van der Waals surface area contributed by atoms with E-state index in [4.69, 9.17) is 5.73 Å². The fourth-order valence-electron chi connectivity index (χ4n) is 1.17. The molecule has 78 valence electrons. The molecular weight excluding hydrogens is 176 g/mol. The number of aromatic amines is 1. The van der Waals surface area contributed by atoms with Gasteiger partial charge >= 0.3 is 0 Å². The molecule has 0 aliphatic heterocycles. The molecule has 1 heterocycles. The van der Waals surface area contributed by atoms with E-state index in [0.29, 0.717) is 12.6 Å². The van der Waals surface area contributed by atoms with Crippen molar-refractivity contribution < 1.29 is 0 Å². The van der Waals surface area contributed by atoms with Crippen molar-refractivity contribution in [1.29, 1.82) is 0 Å². The van der Waals surface area contributed by atoms with Crippen molar-refractivity contribution in [3.63, 3.8) is 0 Å². The summed E-state index contributed by atoms with van der Waals surface area (Å²) in [7, 11) is 0. The number of hydrogen-bond acceptors (Lipinski definition) is 3. The Hall–Kier alpha value is -1.29. The number of nitrogens with one attached hydrogen (secondary N) is 2. The fraction of sp³-hybridized carbons (Fsp3) is 0.500. The largest absolute Gasteiger partial charge is 0.388 e. The fourth-order valence-corrected chi connectivity index (χ4v) is 1.17. The van der Waals surface area contributed by atoms with Crippen molar-refractivity contribution in [2.24, 2.45) is 5.73 Å². The van der Waals surface area contributed by atoms with E-state index in [2.05, 4.69) is 29.4 Å². The Morgan fingerprint density at radius 3 is 2.86 bits per heavy atom. The minimum Gasteiger partial charge on any atom is -0.388 e. The van der Waals surface area contributed by atoms with Gasteiger partial charge in [-0.15, -0.1) is 0 Å². The van der Waals surface area contributed by atoms with E-state index < -0.39 is 0 Å². The first-order valence-corrected chi connectivity index (χ1v) is 4.80. The topological polar surface area (TPSA) is 66.7 Å². The molecule has 0 amide bonds. The van der Waals surface area contributed by atoms with Crippen LogP contribution >= 0.6 is 0 Å². The average molecular weight is 194 g/mol. The first-order valence-electron chi connectivity index (χ1n) is 4.80. The van der Waals surface area contributed by atoms with Crippen LogP contribution < -0.4 is 11.1 Å². The Morgan fingerprint density at radius 2 is 2.43 bits per heavy atom. The Labute approximate surface area is 84.6 Å². The lowest BCUT2D eigenvalue weighted by Gasteiger charge is -2.08. The van der Waals surface area contributed by atoms with Gasteiger partial charge in [0, 0.05) is 24.4 Å². The Morgan fingerprint density at radius 1 is 1.71 bits per heavy atom. The minimum atomic E-state index is 0.416. The highest BCUT2D eigenvalue weighted by Gasteiger charge is 2.05. The molecule has 1 rings (SSSR count). The number of aryl methyl sites for hydroxylation is 1. The van der Waals surface area contributed by atoms with E-state index in [0.717, 1.165) is 16.8 Å². The predicted octanol–water partition coefficient (Wildman–Crippen LogP) is 1.02. The van der Waals surface area contributed by atoms with Gasteiger partial charge in [-0.3, -0.25) is 5.10 Å². The molecule has 0 spiro atoms. The predicted molar refractivity (Wildman–Crippen MR) is 58.6 cm³/mol. The van der Waals surface area contributed by atoms with Crippen LogP contribution in [0.4, 0.5) is 0 Å². The molecule has 0 fully saturated rings. The molecule has 0 atom stereocenters. The van der Waals surface area contributed by atoms with Crippen LogP contribution in [0.3, 0.4) is 0 Å². The summed E-state index contributed by atoms with van der Waals surface area (Å²) in [6.07, 6.45) is 3.75. The van der Waals surface area contributed by atoms with Crippen LogP contribution in [0, 0.1) is 6.92 Å². The van der Waals surface area contributed by atoms with Gasteiger partial charge in [-0.25, -0.2) is 0 Å². The summed E-state index contributed by atoms with van der Waals surface area (Å²) in [5, 5.41) is 10.1. The lowest BCUT2D eigenvalue weighted by molar-refractivity contribution is 0.702. The zero-order valence-corrected chi connectivity index (χ0v) is 8.96. The summed E-state index contributed by atoms with van der Waals surface area (Å²) in [4.78, 5) is 0. The van der Waals surface area contributed by atoms with Crippen molar-refractivity contribution in [1.82, 2.24) is 15.5 Å². The third kappa shape index (κ3) is 2.60. The highest BCUT2D eigenvalue weighted by atomic mass is 15.1. The van der Waals surface area contributed by atoms with E-state index in [1.807, 2.05) is 13.1 Å². The van der Waals surface area contributed by atoms with E-state index in [1.54, 1.807) is 6.20 Å². The van der Waals surface area contributed by atoms with Crippen LogP contribution in [0.15, 0.2) is 12.4 Å². The molecule has 1 aromatic heterocycles. The highest BCUT2D eigenvalue weighted by Crippen LogP contribution is 2.13. The van der Waals surface area contributed by atoms with Crippen LogP contribution in [-0.4, -0.2) is 22.8 Å². The van der Waals surface area contributed by atoms with Gasteiger partial charge in [0.2, 0.25) is 0 Å². The molecule has 0 bridgehead atoms. The van der Waals surface area contributed by atoms with Crippen LogP contribution in [0.25, 0.3) is 5.57 Å². The molecule has 0 unspecified atom stereocenters. The van der Waals surface area contributed by atoms with Crippen molar-refractivity contribution in [3.05, 3.63) is 23.7 Å². The Bertz CT molecular complexity index is 312. The molecular formula is C10H18N4. The van der Waals surface area contributed by atoms with Crippen molar-refractivity contribution in [3.8, 4) is 0 Å². The first-order chi connectivity index (χ1) is 6.65. The Balaban J connectivity index is 2.82. The molecule has 0 saturated heterocycles. The van der Waals surface area contributed by atoms with Crippen LogP contribution in [0.1, 0.15) is 25.1 Å². The van der Waals surface area contributed by atoms with Crippen molar-refractivity contribution >= 4 is 5.57 Å². The third-order valence-electron chi connectivity index (χ3n) is 1.96. The number of H-pyrrole nitrogens is 1. The van der Waals surface area contributed by atoms with Crippen molar-refractivity contribution in [2.75, 3.05) is 6.54 Å². The van der Waals surface area contributed by atoms with Gasteiger partial charge in [0.05, 0.1) is 11.9 Å². The minimum absolute atomic E-state index is 0.416. The molecule has 14 heavy (non-hydrogen) atoms. The van der Waals surface area contributed by atoms with Crippen molar-refractivity contribution in [2.45, 2.75) is 26.8 Å². The lowest BCUT2D eigenvalue weighted by Crippen LogP contribution is -2.18. The zero-order valence-electron chi connectivity index (χ0n) is 8.96. The monoisotopic (exact) mass is 194 g/mol. The van der Waals surface area contributed by atoms with Crippen LogP contribution in [0.5, 0.6) is 0 Å². The van der Waals surface area contributed by atoms with E-state index in [9.17, 15) is 0 Å². The number of nitrogens with zero attached hydrogens (tertiary/aromatic N) is 1. The highest BCUT2D eigenvalue weighted by molar-refractivity contribution is 5.65. The summed E-state index contributed by atoms with van der Waals surface area (Å²) in [6, 6.07) is 0.416. The number of hydrogen-bond donors (Lipinski definition) is 3. The molecule has 4 N–H and O–H groups in total. The SMILES string of the molecule is Cc1cn[nH]c1/C(=C/NC(C)C)CN. The van der Waals surface area contributed by atoms with Crippen LogP contribution in [0.2, 0.25) is 0 Å². The lowest BCUT2D eigenvalue weighted by atomic mass is 10.1. The molecule has 0 radical (unpaired) electrons. The number of aromatic nitrogens is 2. The summed E-state index contributed by atoms with van der Waals surface area (Å²) >= 11 is 0. The van der Waals surface area contributed by atoms with Gasteiger partial charge in [-0.1, -0.05) is 0 Å². The van der Waals surface area contributed by atoms with E-state index in [-0.39, 0.29) is 0 Å². The molecule has 0 aliphatic rings. The van der Waals surface area contributed by atoms with Gasteiger partial charge in [-0.2, -0.15) is 5.10 Å². The summed E-state index contributed by atoms with van der Waals surface area (Å²) in [6.45, 7) is 6.69. The standard InChI is InChI=1S/C10H18N4/c1-7(2)12-6-9(4-11)10-8(3)5-13-14-10/h5-7,12H,4,11H2,1-3H3,(H,13,14)/b9-6+. The summed E-state index contributed by atoms with van der Waals surface area (Å²) < 4.78 is 0. The normalized spacial score (nSPS) is 12.2. The smallest absolute Gasteiger partial charge is 0.0666 e. The van der Waals surface area contributed by atoms with E-state index in [1.165, 1.54) is 0 Å². The van der Waals surface area contributed by atoms with Gasteiger partial charge in [-0.05, 0) is 26.3 Å². The van der Waals surface area contributed by atoms with Gasteiger partial charge in [0.15, 0.2) is 0 Å². The summed E-state index contributed by atoms with van der Waals surface area (Å²) in [5.41, 5.74) is 8.85. The molecule has 4 heteroatoms. The maximum atomic E-state index is 5.66. The molecule has 0 saturated carbocycles. The van der Waals surface area contributed by atoms with Gasteiger partial charge < -0.3 is 11.1 Å². The maximum absolute atomic E-state index is 5.66. The second-order valence-electron chi connectivity index (χ2n) is 3.62. The zero-order chi connectivity index (χ0) is 10.6. The third-order valence-corrected chi connectivity index (χ3v) is 1.96. The average Bonchev–Trinajstić information content (AvgIpc) is 2.53. The summed E-state index contributed by atoms with van der Waals surface area (Å²) in [5.74, 6) is 0. The Kier molecular flexibility index (Phi) is 3.71. The molecule has 0 aliphatic carbocycles. The van der Waals surface area contributed by atoms with Crippen LogP contribution in [-0.2, 0) is 0 Å². The molecule has 0 aromatic carbocycles. The maximum Gasteiger partial charge on any atom is 0.0666 e. The second-order valence-corrected chi connectivity index (χ2v) is 3.62. The van der Waals surface area contributed by atoms with Gasteiger partial charge in [0.1, 0.15) is 0 Å². The van der Waals surface area contributed by atoms with E-state index >= 15 is 0 Å².